The summed E-state index contributed by atoms with van der Waals surface area (Å²) in [5.41, 5.74) is -0.720. The van der Waals surface area contributed by atoms with Crippen molar-refractivity contribution in [2.24, 2.45) is 11.8 Å². The van der Waals surface area contributed by atoms with Crippen molar-refractivity contribution in [1.29, 1.82) is 0 Å². The average molecular weight is 280 g/mol. The lowest BCUT2D eigenvalue weighted by atomic mass is 9.82. The van der Waals surface area contributed by atoms with Crippen LogP contribution in [-0.4, -0.2) is 34.8 Å². The van der Waals surface area contributed by atoms with Gasteiger partial charge in [-0.2, -0.15) is 0 Å². The van der Waals surface area contributed by atoms with E-state index in [2.05, 4.69) is 5.32 Å². The van der Waals surface area contributed by atoms with E-state index in [9.17, 15) is 9.59 Å². The summed E-state index contributed by atoms with van der Waals surface area (Å²) in [5, 5.41) is 2.94. The van der Waals surface area contributed by atoms with Gasteiger partial charge in [0.15, 0.2) is 0 Å². The number of carbonyl (C=O) groups excluding carboxylic acids is 2. The minimum absolute atomic E-state index is 0.0116. The molecule has 1 aliphatic heterocycles. The van der Waals surface area contributed by atoms with Gasteiger partial charge in [-0.15, -0.1) is 0 Å². The van der Waals surface area contributed by atoms with Crippen LogP contribution in [0.4, 0.5) is 0 Å². The monoisotopic (exact) mass is 280 g/mol. The molecule has 20 heavy (non-hydrogen) atoms. The summed E-state index contributed by atoms with van der Waals surface area (Å²) in [4.78, 5) is 27.0. The van der Waals surface area contributed by atoms with Gasteiger partial charge in [0.2, 0.25) is 11.8 Å². The van der Waals surface area contributed by atoms with Crippen LogP contribution in [0.2, 0.25) is 0 Å². The molecule has 0 aromatic carbocycles. The van der Waals surface area contributed by atoms with Crippen LogP contribution in [0, 0.1) is 11.8 Å². The molecule has 1 saturated heterocycles. The van der Waals surface area contributed by atoms with Gasteiger partial charge in [-0.05, 0) is 31.6 Å². The third-order valence-corrected chi connectivity index (χ3v) is 5.08. The molecule has 4 nitrogen and oxygen atoms in total. The Kier molecular flexibility index (Phi) is 4.40. The molecule has 0 bridgehead atoms. The Bertz CT molecular complexity index is 390. The summed E-state index contributed by atoms with van der Waals surface area (Å²) in [6, 6.07) is -0.304. The van der Waals surface area contributed by atoms with Crippen LogP contribution in [-0.2, 0) is 9.59 Å². The fraction of sp³-hybridized carbons (Fsp3) is 0.875. The molecular formula is C16H28N2O2. The second kappa shape index (κ2) is 5.74. The molecule has 0 radical (unpaired) electrons. The minimum atomic E-state index is -0.720. The van der Waals surface area contributed by atoms with E-state index in [-0.39, 0.29) is 23.8 Å². The van der Waals surface area contributed by atoms with Gasteiger partial charge >= 0.3 is 0 Å². The highest BCUT2D eigenvalue weighted by Crippen LogP contribution is 2.31. The molecule has 2 amide bonds. The number of amides is 2. The zero-order chi connectivity index (χ0) is 14.9. The molecule has 114 valence electrons. The normalized spacial score (nSPS) is 31.4. The molecule has 2 rings (SSSR count). The Balaban J connectivity index is 2.14. The van der Waals surface area contributed by atoms with Crippen LogP contribution in [0.1, 0.15) is 59.8 Å². The molecule has 0 aromatic rings. The lowest BCUT2D eigenvalue weighted by molar-refractivity contribution is -0.156. The summed E-state index contributed by atoms with van der Waals surface area (Å²) in [6.07, 6.45) is 5.57. The third kappa shape index (κ3) is 2.70. The topological polar surface area (TPSA) is 49.4 Å². The number of piperazine rings is 1. The summed E-state index contributed by atoms with van der Waals surface area (Å²) in [6.45, 7) is 8.57. The molecule has 2 fully saturated rings. The average Bonchev–Trinajstić information content (AvgIpc) is 2.32. The fourth-order valence-corrected chi connectivity index (χ4v) is 3.23. The van der Waals surface area contributed by atoms with Crippen LogP contribution in [0.5, 0.6) is 0 Å². The first kappa shape index (κ1) is 15.3. The van der Waals surface area contributed by atoms with Crippen LogP contribution in [0.25, 0.3) is 0 Å². The summed E-state index contributed by atoms with van der Waals surface area (Å²) in [5.74, 6) is 1.02. The number of hydrogen-bond donors (Lipinski definition) is 1. The second-order valence-electron chi connectivity index (χ2n) is 6.95. The molecule has 1 aliphatic carbocycles. The van der Waals surface area contributed by atoms with E-state index in [1.54, 1.807) is 0 Å². The van der Waals surface area contributed by atoms with E-state index in [1.165, 1.54) is 19.3 Å². The van der Waals surface area contributed by atoms with Crippen molar-refractivity contribution in [3.8, 4) is 0 Å². The van der Waals surface area contributed by atoms with Crippen LogP contribution in [0.15, 0.2) is 0 Å². The molecule has 1 saturated carbocycles. The second-order valence-corrected chi connectivity index (χ2v) is 6.95. The molecule has 4 heteroatoms. The highest BCUT2D eigenvalue weighted by molar-refractivity contribution is 5.99. The Morgan fingerprint density at radius 1 is 1.35 bits per heavy atom. The smallest absolute Gasteiger partial charge is 0.248 e. The minimum Gasteiger partial charge on any atom is -0.340 e. The van der Waals surface area contributed by atoms with Crippen LogP contribution in [0.3, 0.4) is 0 Å². The van der Waals surface area contributed by atoms with Gasteiger partial charge in [-0.1, -0.05) is 40.0 Å². The molecule has 0 spiro atoms. The van der Waals surface area contributed by atoms with E-state index in [1.807, 2.05) is 32.6 Å². The lowest BCUT2D eigenvalue weighted by Crippen LogP contribution is -2.70. The highest BCUT2D eigenvalue weighted by atomic mass is 16.2. The Hall–Kier alpha value is -1.06. The molecule has 1 heterocycles. The maximum atomic E-state index is 12.8. The zero-order valence-corrected chi connectivity index (χ0v) is 13.2. The molecule has 2 unspecified atom stereocenters. The van der Waals surface area contributed by atoms with E-state index >= 15 is 0 Å². The standard InChI is InChI=1S/C16H28N2O2/c1-5-16(4)15(20)18(10-9-12-7-6-8-12)13(11(2)3)14(19)17-16/h11-13H,5-10H2,1-4H3,(H,17,19). The molecule has 0 aromatic heterocycles. The van der Waals surface area contributed by atoms with Crippen molar-refractivity contribution in [2.45, 2.75) is 71.4 Å². The van der Waals surface area contributed by atoms with Crippen molar-refractivity contribution < 1.29 is 9.59 Å². The van der Waals surface area contributed by atoms with Crippen molar-refractivity contribution in [1.82, 2.24) is 10.2 Å². The van der Waals surface area contributed by atoms with Gasteiger partial charge in [0, 0.05) is 6.54 Å². The van der Waals surface area contributed by atoms with E-state index < -0.39 is 5.54 Å². The predicted molar refractivity (Wildman–Crippen MR) is 79.1 cm³/mol. The van der Waals surface area contributed by atoms with E-state index in [4.69, 9.17) is 0 Å². The summed E-state index contributed by atoms with van der Waals surface area (Å²) in [7, 11) is 0. The van der Waals surface area contributed by atoms with Crippen molar-refractivity contribution >= 4 is 11.8 Å². The van der Waals surface area contributed by atoms with Crippen molar-refractivity contribution in [2.75, 3.05) is 6.54 Å². The summed E-state index contributed by atoms with van der Waals surface area (Å²) < 4.78 is 0. The quantitative estimate of drug-likeness (QED) is 0.840. The van der Waals surface area contributed by atoms with Gasteiger partial charge in [-0.3, -0.25) is 9.59 Å². The fourth-order valence-electron chi connectivity index (χ4n) is 3.23. The maximum Gasteiger partial charge on any atom is 0.248 e. The van der Waals surface area contributed by atoms with Gasteiger partial charge in [-0.25, -0.2) is 0 Å². The predicted octanol–water partition coefficient (Wildman–Crippen LogP) is 2.33. The molecule has 1 N–H and O–H groups in total. The van der Waals surface area contributed by atoms with E-state index in [0.717, 1.165) is 18.9 Å². The third-order valence-electron chi connectivity index (χ3n) is 5.08. The van der Waals surface area contributed by atoms with Crippen LogP contribution < -0.4 is 5.32 Å². The Morgan fingerprint density at radius 2 is 2.00 bits per heavy atom. The first-order valence-electron chi connectivity index (χ1n) is 8.02. The number of nitrogens with zero attached hydrogens (tertiary/aromatic N) is 1. The zero-order valence-electron chi connectivity index (χ0n) is 13.2. The maximum absolute atomic E-state index is 12.8. The molecule has 2 atom stereocenters. The lowest BCUT2D eigenvalue weighted by Gasteiger charge is -2.46. The van der Waals surface area contributed by atoms with Gasteiger partial charge in [0.25, 0.3) is 0 Å². The SMILES string of the molecule is CCC1(C)NC(=O)C(C(C)C)N(CCC2CCC2)C1=O. The highest BCUT2D eigenvalue weighted by Gasteiger charge is 2.47. The number of hydrogen-bond acceptors (Lipinski definition) is 2. The van der Waals surface area contributed by atoms with E-state index in [0.29, 0.717) is 6.42 Å². The van der Waals surface area contributed by atoms with Crippen molar-refractivity contribution in [3.63, 3.8) is 0 Å². The van der Waals surface area contributed by atoms with Gasteiger partial charge in [0.05, 0.1) is 0 Å². The molecular weight excluding hydrogens is 252 g/mol. The number of nitrogens with one attached hydrogen (secondary N) is 1. The Morgan fingerprint density at radius 3 is 2.45 bits per heavy atom. The Labute approximate surface area is 122 Å². The van der Waals surface area contributed by atoms with Crippen LogP contribution >= 0.6 is 0 Å². The number of carbonyl (C=O) groups is 2. The first-order valence-corrected chi connectivity index (χ1v) is 8.02. The first-order chi connectivity index (χ1) is 9.39. The number of rotatable bonds is 5. The molecule has 2 aliphatic rings. The summed E-state index contributed by atoms with van der Waals surface area (Å²) >= 11 is 0. The van der Waals surface area contributed by atoms with Crippen molar-refractivity contribution in [3.05, 3.63) is 0 Å². The van der Waals surface area contributed by atoms with Gasteiger partial charge in [0.1, 0.15) is 11.6 Å². The van der Waals surface area contributed by atoms with Gasteiger partial charge < -0.3 is 10.2 Å². The largest absolute Gasteiger partial charge is 0.340 e.